The number of ketones is 1. The van der Waals surface area contributed by atoms with Gasteiger partial charge in [-0.25, -0.2) is 9.97 Å². The lowest BCUT2D eigenvalue weighted by molar-refractivity contribution is 0.0962. The van der Waals surface area contributed by atoms with Gasteiger partial charge < -0.3 is 10.1 Å². The molecule has 1 aliphatic carbocycles. The van der Waals surface area contributed by atoms with Crippen molar-refractivity contribution in [1.82, 2.24) is 9.97 Å². The number of benzene rings is 2. The number of fused-ring (bicyclic) bond motifs is 1. The van der Waals surface area contributed by atoms with E-state index in [1.54, 1.807) is 7.11 Å². The van der Waals surface area contributed by atoms with Crippen LogP contribution in [0.15, 0.2) is 54.6 Å². The van der Waals surface area contributed by atoms with Crippen LogP contribution in [0.4, 0.5) is 11.6 Å². The first-order chi connectivity index (χ1) is 13.1. The fourth-order valence-corrected chi connectivity index (χ4v) is 3.59. The Morgan fingerprint density at radius 1 is 1.00 bits per heavy atom. The second-order valence-corrected chi connectivity index (χ2v) is 6.75. The number of hydrogen-bond donors (Lipinski definition) is 1. The molecule has 0 saturated carbocycles. The average Bonchev–Trinajstić information content (AvgIpc) is 2.68. The fourth-order valence-electron chi connectivity index (χ4n) is 3.59. The Bertz CT molecular complexity index is 969. The Balaban J connectivity index is 1.64. The summed E-state index contributed by atoms with van der Waals surface area (Å²) in [5, 5.41) is 3.23. The number of aromatic nitrogens is 2. The molecule has 0 bridgehead atoms. The molecule has 0 amide bonds. The molecular weight excluding hydrogens is 338 g/mol. The number of aryl methyl sites for hydroxylation is 1. The third kappa shape index (κ3) is 3.53. The number of methoxy groups -OCH3 is 1. The molecule has 136 valence electrons. The highest BCUT2D eigenvalue weighted by Crippen LogP contribution is 2.34. The zero-order valence-electron chi connectivity index (χ0n) is 15.4. The Kier molecular flexibility index (Phi) is 4.59. The topological polar surface area (TPSA) is 64.1 Å². The number of rotatable bonds is 4. The Morgan fingerprint density at radius 3 is 2.44 bits per heavy atom. The third-order valence-corrected chi connectivity index (χ3v) is 4.93. The summed E-state index contributed by atoms with van der Waals surface area (Å²) in [5.41, 5.74) is 4.28. The van der Waals surface area contributed by atoms with Gasteiger partial charge in [0.15, 0.2) is 5.78 Å². The van der Waals surface area contributed by atoms with Crippen LogP contribution in [0.2, 0.25) is 0 Å². The number of nitrogens with one attached hydrogen (secondary N) is 1. The number of hydrogen-bond acceptors (Lipinski definition) is 5. The number of Topliss-reactive ketones (excluding diaryl/α,β-unsaturated/α-hetero) is 1. The van der Waals surface area contributed by atoms with E-state index in [4.69, 9.17) is 4.74 Å². The van der Waals surface area contributed by atoms with Gasteiger partial charge in [0.05, 0.1) is 24.1 Å². The van der Waals surface area contributed by atoms with Crippen LogP contribution in [-0.2, 0) is 6.42 Å². The molecule has 1 aromatic heterocycles. The molecule has 2 aromatic carbocycles. The van der Waals surface area contributed by atoms with Gasteiger partial charge in [-0.1, -0.05) is 30.3 Å². The zero-order valence-corrected chi connectivity index (χ0v) is 15.4. The van der Waals surface area contributed by atoms with Crippen molar-refractivity contribution in [3.8, 4) is 5.75 Å². The lowest BCUT2D eigenvalue weighted by atomic mass is 9.81. The van der Waals surface area contributed by atoms with E-state index in [2.05, 4.69) is 15.3 Å². The number of nitrogens with zero attached hydrogens (tertiary/aromatic N) is 2. The van der Waals surface area contributed by atoms with Crippen molar-refractivity contribution in [3.05, 3.63) is 77.1 Å². The first-order valence-corrected chi connectivity index (χ1v) is 9.01. The molecule has 0 spiro atoms. The van der Waals surface area contributed by atoms with Crippen LogP contribution >= 0.6 is 0 Å². The van der Waals surface area contributed by atoms with E-state index >= 15 is 0 Å². The number of anilines is 2. The van der Waals surface area contributed by atoms with Crippen LogP contribution in [-0.4, -0.2) is 22.9 Å². The Morgan fingerprint density at radius 2 is 1.74 bits per heavy atom. The number of ether oxygens (including phenoxy) is 1. The monoisotopic (exact) mass is 359 g/mol. The highest BCUT2D eigenvalue weighted by Gasteiger charge is 2.30. The number of carbonyl (C=O) groups excluding carboxylic acids is 1. The molecule has 4 rings (SSSR count). The van der Waals surface area contributed by atoms with Gasteiger partial charge in [-0.05, 0) is 49.1 Å². The molecule has 0 unspecified atom stereocenters. The Labute approximate surface area is 158 Å². The van der Waals surface area contributed by atoms with E-state index in [0.717, 1.165) is 34.8 Å². The Hall–Kier alpha value is -3.21. The smallest absolute Gasteiger partial charge is 0.227 e. The zero-order chi connectivity index (χ0) is 18.8. The predicted octanol–water partition coefficient (Wildman–Crippen LogP) is 4.45. The molecule has 27 heavy (non-hydrogen) atoms. The van der Waals surface area contributed by atoms with Crippen molar-refractivity contribution < 1.29 is 9.53 Å². The second-order valence-electron chi connectivity index (χ2n) is 6.75. The van der Waals surface area contributed by atoms with Gasteiger partial charge in [0.2, 0.25) is 5.95 Å². The van der Waals surface area contributed by atoms with Crippen LogP contribution in [0.1, 0.15) is 39.6 Å². The molecule has 1 N–H and O–H groups in total. The summed E-state index contributed by atoms with van der Waals surface area (Å²) in [6.45, 7) is 1.88. The molecular formula is C22H21N3O2. The minimum Gasteiger partial charge on any atom is -0.497 e. The molecule has 0 saturated heterocycles. The predicted molar refractivity (Wildman–Crippen MR) is 105 cm³/mol. The molecule has 1 atom stereocenters. The second kappa shape index (κ2) is 7.19. The summed E-state index contributed by atoms with van der Waals surface area (Å²) < 4.78 is 5.23. The summed E-state index contributed by atoms with van der Waals surface area (Å²) in [7, 11) is 1.65. The normalized spacial score (nSPS) is 15.9. The van der Waals surface area contributed by atoms with Gasteiger partial charge in [0.1, 0.15) is 5.75 Å². The maximum absolute atomic E-state index is 12.8. The molecule has 1 aliphatic rings. The molecule has 0 aliphatic heterocycles. The lowest BCUT2D eigenvalue weighted by Gasteiger charge is -2.24. The SMILES string of the molecule is COc1ccc([C@@H]2CC(=O)c3c(C)nc(Nc4ccccc4)nc3C2)cc1. The van der Waals surface area contributed by atoms with Crippen LogP contribution in [0.25, 0.3) is 0 Å². The van der Waals surface area contributed by atoms with Gasteiger partial charge >= 0.3 is 0 Å². The van der Waals surface area contributed by atoms with E-state index in [1.807, 2.05) is 61.5 Å². The van der Waals surface area contributed by atoms with Crippen molar-refractivity contribution in [3.63, 3.8) is 0 Å². The molecule has 0 fully saturated rings. The molecule has 3 aromatic rings. The maximum Gasteiger partial charge on any atom is 0.227 e. The van der Waals surface area contributed by atoms with E-state index in [1.165, 1.54) is 0 Å². The summed E-state index contributed by atoms with van der Waals surface area (Å²) >= 11 is 0. The number of para-hydroxylation sites is 1. The van der Waals surface area contributed by atoms with Gasteiger partial charge in [-0.2, -0.15) is 0 Å². The van der Waals surface area contributed by atoms with Crippen LogP contribution in [0.5, 0.6) is 5.75 Å². The van der Waals surface area contributed by atoms with Gasteiger partial charge in [-0.3, -0.25) is 4.79 Å². The largest absolute Gasteiger partial charge is 0.497 e. The molecule has 5 heteroatoms. The minimum atomic E-state index is 0.112. The standard InChI is InChI=1S/C22H21N3O2/c1-14-21-19(25-22(23-14)24-17-6-4-3-5-7-17)12-16(13-20(21)26)15-8-10-18(27-2)11-9-15/h3-11,16H,12-13H2,1-2H3,(H,23,24,25)/t16-/m0/s1. The van der Waals surface area contributed by atoms with Crippen molar-refractivity contribution in [2.24, 2.45) is 0 Å². The summed E-state index contributed by atoms with van der Waals surface area (Å²) in [4.78, 5) is 21.9. The quantitative estimate of drug-likeness (QED) is 0.745. The van der Waals surface area contributed by atoms with Crippen molar-refractivity contribution in [2.45, 2.75) is 25.7 Å². The lowest BCUT2D eigenvalue weighted by Crippen LogP contribution is -2.22. The average molecular weight is 359 g/mol. The molecule has 1 heterocycles. The van der Waals surface area contributed by atoms with E-state index in [9.17, 15) is 4.79 Å². The third-order valence-electron chi connectivity index (χ3n) is 4.93. The summed E-state index contributed by atoms with van der Waals surface area (Å²) in [5.74, 6) is 1.57. The van der Waals surface area contributed by atoms with Crippen molar-refractivity contribution in [1.29, 1.82) is 0 Å². The van der Waals surface area contributed by atoms with Gasteiger partial charge in [0.25, 0.3) is 0 Å². The first kappa shape index (κ1) is 17.2. The first-order valence-electron chi connectivity index (χ1n) is 9.01. The van der Waals surface area contributed by atoms with E-state index in [0.29, 0.717) is 17.9 Å². The highest BCUT2D eigenvalue weighted by molar-refractivity contribution is 5.99. The van der Waals surface area contributed by atoms with Gasteiger partial charge in [0, 0.05) is 12.1 Å². The van der Waals surface area contributed by atoms with E-state index in [-0.39, 0.29) is 11.7 Å². The van der Waals surface area contributed by atoms with Crippen LogP contribution in [0.3, 0.4) is 0 Å². The van der Waals surface area contributed by atoms with E-state index < -0.39 is 0 Å². The number of carbonyl (C=O) groups is 1. The molecule has 0 radical (unpaired) electrons. The summed E-state index contributed by atoms with van der Waals surface area (Å²) in [6, 6.07) is 17.7. The van der Waals surface area contributed by atoms with Crippen molar-refractivity contribution in [2.75, 3.05) is 12.4 Å². The maximum atomic E-state index is 12.8. The van der Waals surface area contributed by atoms with Crippen LogP contribution < -0.4 is 10.1 Å². The van der Waals surface area contributed by atoms with Crippen molar-refractivity contribution >= 4 is 17.4 Å². The minimum absolute atomic E-state index is 0.112. The summed E-state index contributed by atoms with van der Waals surface area (Å²) in [6.07, 6.45) is 1.20. The van der Waals surface area contributed by atoms with Crippen LogP contribution in [0, 0.1) is 6.92 Å². The fraction of sp³-hybridized carbons (Fsp3) is 0.227. The highest BCUT2D eigenvalue weighted by atomic mass is 16.5. The van der Waals surface area contributed by atoms with Gasteiger partial charge in [-0.15, -0.1) is 0 Å². The molecule has 5 nitrogen and oxygen atoms in total.